The molecular formula is C24H24F2N4O4. The molecule has 1 aliphatic rings. The van der Waals surface area contributed by atoms with Crippen LogP contribution >= 0.6 is 0 Å². The van der Waals surface area contributed by atoms with Gasteiger partial charge in [0.15, 0.2) is 0 Å². The number of aromatic nitrogens is 2. The number of nitriles is 1. The van der Waals surface area contributed by atoms with E-state index in [9.17, 15) is 24.3 Å². The lowest BCUT2D eigenvalue weighted by Gasteiger charge is -2.28. The van der Waals surface area contributed by atoms with Crippen LogP contribution in [0.25, 0.3) is 22.8 Å². The van der Waals surface area contributed by atoms with E-state index in [1.165, 1.54) is 12.1 Å². The van der Waals surface area contributed by atoms with Gasteiger partial charge in [0, 0.05) is 30.3 Å². The van der Waals surface area contributed by atoms with Gasteiger partial charge in [-0.15, -0.1) is 0 Å². The van der Waals surface area contributed by atoms with Crippen molar-refractivity contribution in [1.29, 1.82) is 5.26 Å². The highest BCUT2D eigenvalue weighted by atomic mass is 19.3. The molecule has 1 atom stereocenters. The van der Waals surface area contributed by atoms with Crippen molar-refractivity contribution < 1.29 is 28.3 Å². The molecule has 34 heavy (non-hydrogen) atoms. The molecule has 0 spiro atoms. The summed E-state index contributed by atoms with van der Waals surface area (Å²) >= 11 is 0. The predicted octanol–water partition coefficient (Wildman–Crippen LogP) is 3.19. The summed E-state index contributed by atoms with van der Waals surface area (Å²) in [7, 11) is 0. The van der Waals surface area contributed by atoms with Gasteiger partial charge >= 0.3 is 0 Å². The van der Waals surface area contributed by atoms with E-state index in [1.54, 1.807) is 6.07 Å². The molecule has 0 saturated heterocycles. The third-order valence-corrected chi connectivity index (χ3v) is 5.83. The lowest BCUT2D eigenvalue weighted by molar-refractivity contribution is 0.0817. The maximum Gasteiger partial charge on any atom is 0.272 e. The van der Waals surface area contributed by atoms with Gasteiger partial charge in [-0.1, -0.05) is 23.4 Å². The highest BCUT2D eigenvalue weighted by Gasteiger charge is 2.30. The molecule has 8 nitrogen and oxygen atoms in total. The standard InChI is InChI=1S/C24H24F2N4O4/c25-22(26)14-33-21-7-4-15(12-16(21)13-27)24-28-23(29-34-24)19-3-1-2-18-17(19)5-6-20(18)30(8-10-31)9-11-32/h1-4,7,12,20,22,31-32H,5-6,8-11,14H2/t20-/m1/s1. The lowest BCUT2D eigenvalue weighted by Crippen LogP contribution is -2.32. The third-order valence-electron chi connectivity index (χ3n) is 5.83. The van der Waals surface area contributed by atoms with Crippen molar-refractivity contribution >= 4 is 0 Å². The average Bonchev–Trinajstić information content (AvgIpc) is 3.50. The molecule has 3 aromatic rings. The number of fused-ring (bicyclic) bond motifs is 1. The van der Waals surface area contributed by atoms with Crippen LogP contribution in [-0.4, -0.2) is 64.6 Å². The van der Waals surface area contributed by atoms with Crippen LogP contribution in [0.5, 0.6) is 5.75 Å². The first-order valence-corrected chi connectivity index (χ1v) is 10.9. The van der Waals surface area contributed by atoms with Crippen LogP contribution in [0.3, 0.4) is 0 Å². The smallest absolute Gasteiger partial charge is 0.272 e. The zero-order valence-corrected chi connectivity index (χ0v) is 18.3. The summed E-state index contributed by atoms with van der Waals surface area (Å²) < 4.78 is 35.3. The molecule has 0 amide bonds. The molecule has 0 aliphatic heterocycles. The van der Waals surface area contributed by atoms with Crippen molar-refractivity contribution in [3.63, 3.8) is 0 Å². The molecule has 1 aliphatic carbocycles. The SMILES string of the molecule is N#Cc1cc(-c2nc(-c3cccc4c3CC[C@H]4N(CCO)CCO)no2)ccc1OCC(F)F. The quantitative estimate of drug-likeness (QED) is 0.464. The van der Waals surface area contributed by atoms with Crippen molar-refractivity contribution in [2.75, 3.05) is 32.9 Å². The zero-order chi connectivity index (χ0) is 24.1. The Balaban J connectivity index is 1.61. The van der Waals surface area contributed by atoms with E-state index in [-0.39, 0.29) is 36.5 Å². The monoisotopic (exact) mass is 470 g/mol. The first-order valence-electron chi connectivity index (χ1n) is 10.9. The van der Waals surface area contributed by atoms with Crippen LogP contribution in [0, 0.1) is 11.3 Å². The number of alkyl halides is 2. The van der Waals surface area contributed by atoms with Crippen molar-refractivity contribution in [3.05, 3.63) is 53.1 Å². The molecule has 0 radical (unpaired) electrons. The second-order valence-electron chi connectivity index (χ2n) is 7.86. The van der Waals surface area contributed by atoms with Gasteiger partial charge in [0.2, 0.25) is 5.82 Å². The van der Waals surface area contributed by atoms with E-state index in [1.807, 2.05) is 24.3 Å². The van der Waals surface area contributed by atoms with Crippen molar-refractivity contribution in [2.45, 2.75) is 25.3 Å². The molecular weight excluding hydrogens is 446 g/mol. The molecule has 2 aromatic carbocycles. The number of hydrogen-bond donors (Lipinski definition) is 2. The first kappa shape index (κ1) is 23.8. The Hall–Kier alpha value is -3.39. The van der Waals surface area contributed by atoms with E-state index in [0.29, 0.717) is 24.5 Å². The Bertz CT molecular complexity index is 1170. The Morgan fingerprint density at radius 1 is 1.21 bits per heavy atom. The lowest BCUT2D eigenvalue weighted by atomic mass is 10.0. The third kappa shape index (κ3) is 4.92. The average molecular weight is 470 g/mol. The topological polar surface area (TPSA) is 116 Å². The van der Waals surface area contributed by atoms with Gasteiger partial charge in [-0.05, 0) is 42.2 Å². The molecule has 0 fully saturated rings. The second-order valence-corrected chi connectivity index (χ2v) is 7.86. The largest absolute Gasteiger partial charge is 0.486 e. The van der Waals surface area contributed by atoms with Crippen LogP contribution in [-0.2, 0) is 6.42 Å². The van der Waals surface area contributed by atoms with E-state index in [2.05, 4.69) is 15.0 Å². The second kappa shape index (κ2) is 10.7. The van der Waals surface area contributed by atoms with Crippen LogP contribution in [0.15, 0.2) is 40.9 Å². The maximum absolute atomic E-state index is 12.4. The van der Waals surface area contributed by atoms with E-state index in [0.717, 1.165) is 29.5 Å². The molecule has 1 heterocycles. The van der Waals surface area contributed by atoms with Gasteiger partial charge in [0.1, 0.15) is 18.4 Å². The normalized spacial score (nSPS) is 15.0. The first-order chi connectivity index (χ1) is 16.5. The summed E-state index contributed by atoms with van der Waals surface area (Å²) in [5, 5.41) is 32.3. The van der Waals surface area contributed by atoms with Crippen molar-refractivity contribution in [3.8, 4) is 34.7 Å². The summed E-state index contributed by atoms with van der Waals surface area (Å²) in [6, 6.07) is 12.4. The van der Waals surface area contributed by atoms with Gasteiger partial charge in [0.25, 0.3) is 12.3 Å². The highest BCUT2D eigenvalue weighted by molar-refractivity contribution is 5.67. The number of aliphatic hydroxyl groups excluding tert-OH is 2. The van der Waals surface area contributed by atoms with Gasteiger partial charge in [-0.25, -0.2) is 8.78 Å². The number of benzene rings is 2. The number of aliphatic hydroxyl groups is 2. The fourth-order valence-electron chi connectivity index (χ4n) is 4.38. The zero-order valence-electron chi connectivity index (χ0n) is 18.3. The van der Waals surface area contributed by atoms with Crippen molar-refractivity contribution in [2.24, 2.45) is 0 Å². The molecule has 0 unspecified atom stereocenters. The van der Waals surface area contributed by atoms with Crippen LogP contribution in [0.2, 0.25) is 0 Å². The summed E-state index contributed by atoms with van der Waals surface area (Å²) in [4.78, 5) is 6.58. The van der Waals surface area contributed by atoms with E-state index >= 15 is 0 Å². The van der Waals surface area contributed by atoms with Crippen LogP contribution < -0.4 is 4.74 Å². The minimum atomic E-state index is -2.64. The Kier molecular flexibility index (Phi) is 7.47. The number of nitrogens with zero attached hydrogens (tertiary/aromatic N) is 4. The fraction of sp³-hybridized carbons (Fsp3) is 0.375. The summed E-state index contributed by atoms with van der Waals surface area (Å²) in [6.45, 7) is 0.165. The van der Waals surface area contributed by atoms with Crippen LogP contribution in [0.1, 0.15) is 29.2 Å². The Morgan fingerprint density at radius 2 is 2.00 bits per heavy atom. The Labute approximate surface area is 195 Å². The molecule has 0 bridgehead atoms. The highest BCUT2D eigenvalue weighted by Crippen LogP contribution is 2.40. The molecule has 1 aromatic heterocycles. The summed E-state index contributed by atoms with van der Waals surface area (Å²) in [5.41, 5.74) is 3.60. The number of rotatable bonds is 10. The van der Waals surface area contributed by atoms with Crippen LogP contribution in [0.4, 0.5) is 8.78 Å². The fourth-order valence-corrected chi connectivity index (χ4v) is 4.38. The molecule has 4 rings (SSSR count). The summed E-state index contributed by atoms with van der Waals surface area (Å²) in [6.07, 6.45) is -0.999. The van der Waals surface area contributed by atoms with Crippen molar-refractivity contribution in [1.82, 2.24) is 15.0 Å². The number of halogens is 2. The Morgan fingerprint density at radius 3 is 2.71 bits per heavy atom. The maximum atomic E-state index is 12.4. The molecule has 2 N–H and O–H groups in total. The minimum Gasteiger partial charge on any atom is -0.486 e. The minimum absolute atomic E-state index is 0.0103. The van der Waals surface area contributed by atoms with Gasteiger partial charge < -0.3 is 19.5 Å². The number of hydrogen-bond acceptors (Lipinski definition) is 8. The van der Waals surface area contributed by atoms with Gasteiger partial charge in [-0.2, -0.15) is 10.2 Å². The molecule has 178 valence electrons. The van der Waals surface area contributed by atoms with E-state index in [4.69, 9.17) is 9.26 Å². The number of ether oxygens (including phenoxy) is 1. The summed E-state index contributed by atoms with van der Waals surface area (Å²) in [5.74, 6) is 0.662. The molecule has 0 saturated carbocycles. The van der Waals surface area contributed by atoms with Gasteiger partial charge in [-0.3, -0.25) is 4.90 Å². The van der Waals surface area contributed by atoms with E-state index < -0.39 is 13.0 Å². The molecule has 10 heteroatoms. The predicted molar refractivity (Wildman–Crippen MR) is 118 cm³/mol. The van der Waals surface area contributed by atoms with Gasteiger partial charge in [0.05, 0.1) is 18.8 Å².